The molecule has 1 aromatic carbocycles. The van der Waals surface area contributed by atoms with Crippen LogP contribution in [0.3, 0.4) is 0 Å². The SMILES string of the molecule is COC(=O)[C@@H](NC(=O)[C@H](C)NC(=O)[C@H]1CCCN1C(=O)CNC(=O)[C@H](CO)NC(=O)[C@@H](NC(=O)OCc1ccccc1)[C@@H](C)O)[C@@H](C)O. The van der Waals surface area contributed by atoms with Crippen molar-refractivity contribution >= 4 is 41.6 Å². The summed E-state index contributed by atoms with van der Waals surface area (Å²) in [5, 5.41) is 41.0. The molecule has 18 heteroatoms. The molecule has 0 aliphatic carbocycles. The lowest BCUT2D eigenvalue weighted by molar-refractivity contribution is -0.148. The van der Waals surface area contributed by atoms with Crippen molar-refractivity contribution in [3.05, 3.63) is 35.9 Å². The fraction of sp³-hybridized carbons (Fsp3) is 0.567. The molecule has 18 nitrogen and oxygen atoms in total. The first-order chi connectivity index (χ1) is 22.7. The van der Waals surface area contributed by atoms with Gasteiger partial charge in [0, 0.05) is 6.54 Å². The highest BCUT2D eigenvalue weighted by molar-refractivity contribution is 5.96. The van der Waals surface area contributed by atoms with Gasteiger partial charge < -0.3 is 56.3 Å². The number of ether oxygens (including phenoxy) is 2. The number of likely N-dealkylation sites (tertiary alicyclic amines) is 1. The molecule has 0 saturated carbocycles. The van der Waals surface area contributed by atoms with Crippen molar-refractivity contribution in [3.63, 3.8) is 0 Å². The summed E-state index contributed by atoms with van der Waals surface area (Å²) in [5.41, 5.74) is 0.680. The summed E-state index contributed by atoms with van der Waals surface area (Å²) in [6.45, 7) is 2.41. The Labute approximate surface area is 276 Å². The fourth-order valence-electron chi connectivity index (χ4n) is 4.63. The number of amides is 6. The molecular weight excluding hydrogens is 636 g/mol. The Morgan fingerprint density at radius 3 is 2.10 bits per heavy atom. The monoisotopic (exact) mass is 680 g/mol. The molecule has 1 aliphatic rings. The number of carbonyl (C=O) groups excluding carboxylic acids is 7. The smallest absolute Gasteiger partial charge is 0.408 e. The van der Waals surface area contributed by atoms with E-state index in [0.717, 1.165) is 7.11 Å². The summed E-state index contributed by atoms with van der Waals surface area (Å²) in [4.78, 5) is 89.2. The van der Waals surface area contributed by atoms with E-state index in [0.29, 0.717) is 12.0 Å². The van der Waals surface area contributed by atoms with Crippen LogP contribution in [-0.2, 0) is 44.8 Å². The van der Waals surface area contributed by atoms with Gasteiger partial charge in [0.2, 0.25) is 29.5 Å². The van der Waals surface area contributed by atoms with Gasteiger partial charge >= 0.3 is 12.1 Å². The number of rotatable bonds is 16. The zero-order chi connectivity index (χ0) is 36.0. The highest BCUT2D eigenvalue weighted by Gasteiger charge is 2.37. The number of nitrogens with one attached hydrogen (secondary N) is 5. The quantitative estimate of drug-likeness (QED) is 0.0803. The summed E-state index contributed by atoms with van der Waals surface area (Å²) in [7, 11) is 1.09. The zero-order valence-corrected chi connectivity index (χ0v) is 27.1. The van der Waals surface area contributed by atoms with E-state index in [9.17, 15) is 48.9 Å². The van der Waals surface area contributed by atoms with Gasteiger partial charge in [-0.1, -0.05) is 30.3 Å². The van der Waals surface area contributed by atoms with Gasteiger partial charge in [0.25, 0.3) is 0 Å². The van der Waals surface area contributed by atoms with Crippen molar-refractivity contribution in [2.45, 2.75) is 82.6 Å². The maximum atomic E-state index is 13.0. The molecule has 0 unspecified atom stereocenters. The van der Waals surface area contributed by atoms with Gasteiger partial charge in [0.1, 0.15) is 30.8 Å². The summed E-state index contributed by atoms with van der Waals surface area (Å²) in [6.07, 6.45) is -3.00. The third-order valence-corrected chi connectivity index (χ3v) is 7.34. The van der Waals surface area contributed by atoms with Crippen LogP contribution in [0.4, 0.5) is 4.79 Å². The van der Waals surface area contributed by atoms with Crippen LogP contribution in [-0.4, -0.2) is 131 Å². The van der Waals surface area contributed by atoms with Gasteiger partial charge in [-0.2, -0.15) is 0 Å². The average Bonchev–Trinajstić information content (AvgIpc) is 3.56. The van der Waals surface area contributed by atoms with Crippen LogP contribution in [0.2, 0.25) is 0 Å². The molecule has 7 atom stereocenters. The minimum Gasteiger partial charge on any atom is -0.467 e. The van der Waals surface area contributed by atoms with Crippen molar-refractivity contribution in [1.82, 2.24) is 31.5 Å². The second-order valence-corrected chi connectivity index (χ2v) is 11.1. The van der Waals surface area contributed by atoms with E-state index in [1.807, 2.05) is 0 Å². The van der Waals surface area contributed by atoms with Crippen molar-refractivity contribution < 1.29 is 58.4 Å². The average molecular weight is 681 g/mol. The van der Waals surface area contributed by atoms with E-state index < -0.39 is 97.2 Å². The molecule has 0 spiro atoms. The van der Waals surface area contributed by atoms with Crippen LogP contribution >= 0.6 is 0 Å². The standard InChI is InChI=1S/C30H44N6O12/c1-16(25(41)34-24(18(3)39)29(45)47-4)32-27(43)21-11-8-12-36(21)22(40)13-31-26(42)20(14-37)33-28(44)23(17(2)38)35-30(46)48-15-19-9-6-5-7-10-19/h5-7,9-10,16-18,20-21,23-24,37-39H,8,11-15H2,1-4H3,(H,31,42)(H,32,43)(H,33,44)(H,34,41)(H,35,46)/t16-,17+,18+,20-,21+,23-,24-/m0/s1. The van der Waals surface area contributed by atoms with Crippen molar-refractivity contribution in [3.8, 4) is 0 Å². The highest BCUT2D eigenvalue weighted by Crippen LogP contribution is 2.17. The number of benzene rings is 1. The Hall–Kier alpha value is -4.81. The first kappa shape index (κ1) is 39.4. The van der Waals surface area contributed by atoms with Crippen molar-refractivity contribution in [2.24, 2.45) is 0 Å². The lowest BCUT2D eigenvalue weighted by Gasteiger charge is -2.27. The Kier molecular flexibility index (Phi) is 15.7. The second-order valence-electron chi connectivity index (χ2n) is 11.1. The van der Waals surface area contributed by atoms with Gasteiger partial charge in [0.15, 0.2) is 6.04 Å². The van der Waals surface area contributed by atoms with Gasteiger partial charge in [-0.05, 0) is 39.2 Å². The van der Waals surface area contributed by atoms with E-state index in [1.54, 1.807) is 30.3 Å². The predicted molar refractivity (Wildman–Crippen MR) is 165 cm³/mol. The van der Waals surface area contributed by atoms with Gasteiger partial charge in [-0.25, -0.2) is 9.59 Å². The predicted octanol–water partition coefficient (Wildman–Crippen LogP) is -3.21. The Morgan fingerprint density at radius 1 is 0.875 bits per heavy atom. The Bertz CT molecular complexity index is 1290. The second kappa shape index (κ2) is 19.1. The van der Waals surface area contributed by atoms with E-state index >= 15 is 0 Å². The molecule has 1 saturated heterocycles. The molecule has 48 heavy (non-hydrogen) atoms. The zero-order valence-electron chi connectivity index (χ0n) is 27.1. The van der Waals surface area contributed by atoms with Gasteiger partial charge in [-0.15, -0.1) is 0 Å². The topological polar surface area (TPSA) is 262 Å². The molecule has 266 valence electrons. The van der Waals surface area contributed by atoms with Gasteiger partial charge in [-0.3, -0.25) is 24.0 Å². The third-order valence-electron chi connectivity index (χ3n) is 7.34. The largest absolute Gasteiger partial charge is 0.467 e. The third kappa shape index (κ3) is 11.8. The van der Waals surface area contributed by atoms with E-state index in [2.05, 4.69) is 31.3 Å². The minimum absolute atomic E-state index is 0.105. The first-order valence-corrected chi connectivity index (χ1v) is 15.2. The number of hydrogen-bond donors (Lipinski definition) is 8. The maximum Gasteiger partial charge on any atom is 0.408 e. The molecule has 8 N–H and O–H groups in total. The lowest BCUT2D eigenvalue weighted by Crippen LogP contribution is -2.59. The molecule has 1 fully saturated rings. The number of aliphatic hydroxyl groups is 3. The number of nitrogens with zero attached hydrogens (tertiary/aromatic N) is 1. The molecular formula is C30H44N6O12. The molecule has 1 aromatic rings. The number of aliphatic hydroxyl groups excluding tert-OH is 3. The van der Waals surface area contributed by atoms with Gasteiger partial charge in [0.05, 0.1) is 32.5 Å². The van der Waals surface area contributed by atoms with Crippen LogP contribution in [0.15, 0.2) is 30.3 Å². The summed E-state index contributed by atoms with van der Waals surface area (Å²) < 4.78 is 9.61. The normalized spacial score (nSPS) is 17.7. The van der Waals surface area contributed by atoms with Crippen LogP contribution in [0.1, 0.15) is 39.2 Å². The molecule has 1 heterocycles. The summed E-state index contributed by atoms with van der Waals surface area (Å²) in [6, 6.07) is 2.08. The summed E-state index contributed by atoms with van der Waals surface area (Å²) in [5.74, 6) is -4.96. The van der Waals surface area contributed by atoms with E-state index in [-0.39, 0.29) is 19.6 Å². The highest BCUT2D eigenvalue weighted by atomic mass is 16.5. The Morgan fingerprint density at radius 2 is 1.52 bits per heavy atom. The lowest BCUT2D eigenvalue weighted by atomic mass is 10.1. The number of esters is 1. The van der Waals surface area contributed by atoms with Crippen molar-refractivity contribution in [2.75, 3.05) is 26.8 Å². The number of alkyl carbamates (subject to hydrolysis) is 1. The van der Waals surface area contributed by atoms with Crippen LogP contribution in [0, 0.1) is 0 Å². The molecule has 0 aromatic heterocycles. The van der Waals surface area contributed by atoms with Crippen LogP contribution in [0.5, 0.6) is 0 Å². The Balaban J connectivity index is 1.91. The van der Waals surface area contributed by atoms with Crippen molar-refractivity contribution in [1.29, 1.82) is 0 Å². The number of hydrogen-bond acceptors (Lipinski definition) is 12. The fourth-order valence-corrected chi connectivity index (χ4v) is 4.63. The minimum atomic E-state index is -1.57. The molecule has 0 radical (unpaired) electrons. The maximum absolute atomic E-state index is 13.0. The first-order valence-electron chi connectivity index (χ1n) is 15.2. The van der Waals surface area contributed by atoms with Crippen LogP contribution in [0.25, 0.3) is 0 Å². The molecule has 1 aliphatic heterocycles. The number of methoxy groups -OCH3 is 1. The van der Waals surface area contributed by atoms with E-state index in [4.69, 9.17) is 4.74 Å². The number of carbonyl (C=O) groups is 7. The molecule has 2 rings (SSSR count). The summed E-state index contributed by atoms with van der Waals surface area (Å²) >= 11 is 0. The van der Waals surface area contributed by atoms with E-state index in [1.165, 1.54) is 25.7 Å². The molecule has 0 bridgehead atoms. The molecule has 6 amide bonds. The van der Waals surface area contributed by atoms with Crippen LogP contribution < -0.4 is 26.6 Å².